The van der Waals surface area contributed by atoms with Crippen molar-refractivity contribution in [2.45, 2.75) is 13.1 Å². The molecule has 1 aliphatic rings. The minimum Gasteiger partial charge on any atom is -0.464 e. The Labute approximate surface area is 135 Å². The van der Waals surface area contributed by atoms with Gasteiger partial charge in [-0.3, -0.25) is 4.57 Å². The second kappa shape index (κ2) is 5.22. The topological polar surface area (TPSA) is 89.3 Å². The normalized spacial score (nSPS) is 13.3. The van der Waals surface area contributed by atoms with Gasteiger partial charge in [0.1, 0.15) is 12.1 Å². The number of carboxylic acid groups (broad SMARTS) is 1. The van der Waals surface area contributed by atoms with Gasteiger partial charge in [0.05, 0.1) is 21.8 Å². The van der Waals surface area contributed by atoms with Gasteiger partial charge >= 0.3 is 6.09 Å². The molecule has 3 heterocycles. The standard InChI is InChI=1S/C15H11ClN4O3/c16-13-8-3-4-20(15(21)22)11(8)1-2-12(13)23-14-9-5-17-6-10(9)18-7-19-14/h1-4,7,17H,5-6H2,(H,21,22). The van der Waals surface area contributed by atoms with E-state index in [4.69, 9.17) is 21.4 Å². The largest absolute Gasteiger partial charge is 0.464 e. The molecule has 0 atom stereocenters. The first-order chi connectivity index (χ1) is 11.1. The SMILES string of the molecule is O=C(O)n1ccc2c(Cl)c(Oc3ncnc4c3CNC4)ccc21. The van der Waals surface area contributed by atoms with E-state index < -0.39 is 6.09 Å². The highest BCUT2D eigenvalue weighted by Crippen LogP contribution is 2.37. The van der Waals surface area contributed by atoms with Crippen molar-refractivity contribution < 1.29 is 14.6 Å². The van der Waals surface area contributed by atoms with E-state index in [9.17, 15) is 4.79 Å². The van der Waals surface area contributed by atoms with Crippen molar-refractivity contribution in [2.24, 2.45) is 0 Å². The number of fused-ring (bicyclic) bond motifs is 2. The number of carbonyl (C=O) groups is 1. The van der Waals surface area contributed by atoms with E-state index in [0.717, 1.165) is 15.8 Å². The molecule has 0 radical (unpaired) electrons. The van der Waals surface area contributed by atoms with Gasteiger partial charge in [-0.2, -0.15) is 0 Å². The Bertz CT molecular complexity index is 938. The summed E-state index contributed by atoms with van der Waals surface area (Å²) in [7, 11) is 0. The molecule has 0 saturated heterocycles. The molecule has 1 aliphatic heterocycles. The Morgan fingerprint density at radius 2 is 2.17 bits per heavy atom. The maximum absolute atomic E-state index is 11.2. The zero-order valence-electron chi connectivity index (χ0n) is 11.8. The fraction of sp³-hybridized carbons (Fsp3) is 0.133. The van der Waals surface area contributed by atoms with E-state index in [0.29, 0.717) is 40.6 Å². The number of benzene rings is 1. The molecule has 23 heavy (non-hydrogen) atoms. The smallest absolute Gasteiger partial charge is 0.416 e. The Kier molecular flexibility index (Phi) is 3.17. The average Bonchev–Trinajstić information content (AvgIpc) is 3.17. The first-order valence-corrected chi connectivity index (χ1v) is 7.27. The first kappa shape index (κ1) is 14.0. The summed E-state index contributed by atoms with van der Waals surface area (Å²) < 4.78 is 6.96. The zero-order valence-corrected chi connectivity index (χ0v) is 12.5. The summed E-state index contributed by atoms with van der Waals surface area (Å²) in [5, 5.41) is 13.3. The highest BCUT2D eigenvalue weighted by molar-refractivity contribution is 6.37. The van der Waals surface area contributed by atoms with Crippen LogP contribution in [0.3, 0.4) is 0 Å². The lowest BCUT2D eigenvalue weighted by Gasteiger charge is -2.10. The number of aromatic nitrogens is 3. The number of ether oxygens (including phenoxy) is 1. The highest BCUT2D eigenvalue weighted by Gasteiger charge is 2.20. The molecule has 0 spiro atoms. The molecule has 0 fully saturated rings. The van der Waals surface area contributed by atoms with Crippen molar-refractivity contribution >= 4 is 28.6 Å². The molecule has 3 aromatic rings. The number of hydrogen-bond donors (Lipinski definition) is 2. The Hall–Kier alpha value is -2.64. The number of rotatable bonds is 2. The molecule has 1 aromatic carbocycles. The second-order valence-electron chi connectivity index (χ2n) is 5.09. The molecule has 0 unspecified atom stereocenters. The fourth-order valence-corrected chi connectivity index (χ4v) is 2.93. The van der Waals surface area contributed by atoms with Gasteiger partial charge in [-0.25, -0.2) is 14.8 Å². The molecular formula is C15H11ClN4O3. The van der Waals surface area contributed by atoms with Crippen molar-refractivity contribution in [2.75, 3.05) is 0 Å². The van der Waals surface area contributed by atoms with E-state index in [2.05, 4.69) is 15.3 Å². The van der Waals surface area contributed by atoms with Gasteiger partial charge in [0, 0.05) is 24.7 Å². The lowest BCUT2D eigenvalue weighted by Crippen LogP contribution is -2.05. The summed E-state index contributed by atoms with van der Waals surface area (Å²) in [6.07, 6.45) is 1.84. The van der Waals surface area contributed by atoms with Crippen LogP contribution < -0.4 is 10.1 Å². The van der Waals surface area contributed by atoms with E-state index in [-0.39, 0.29) is 0 Å². The molecule has 2 aromatic heterocycles. The molecule has 4 rings (SSSR count). The minimum atomic E-state index is -1.07. The summed E-state index contributed by atoms with van der Waals surface area (Å²) in [6, 6.07) is 4.94. The second-order valence-corrected chi connectivity index (χ2v) is 5.47. The summed E-state index contributed by atoms with van der Waals surface area (Å²) in [5.74, 6) is 0.883. The molecule has 8 heteroatoms. The molecule has 7 nitrogen and oxygen atoms in total. The Morgan fingerprint density at radius 3 is 3.00 bits per heavy atom. The highest BCUT2D eigenvalue weighted by atomic mass is 35.5. The number of halogens is 1. The van der Waals surface area contributed by atoms with E-state index in [1.165, 1.54) is 12.5 Å². The number of hydrogen-bond acceptors (Lipinski definition) is 5. The molecule has 0 amide bonds. The predicted molar refractivity (Wildman–Crippen MR) is 83.0 cm³/mol. The summed E-state index contributed by atoms with van der Waals surface area (Å²) in [6.45, 7) is 1.32. The van der Waals surface area contributed by atoms with Gasteiger partial charge in [0.15, 0.2) is 0 Å². The fourth-order valence-electron chi connectivity index (χ4n) is 2.66. The predicted octanol–water partition coefficient (Wildman–Crippen LogP) is 3.01. The molecular weight excluding hydrogens is 320 g/mol. The van der Waals surface area contributed by atoms with Crippen LogP contribution in [-0.4, -0.2) is 25.7 Å². The van der Waals surface area contributed by atoms with Crippen LogP contribution in [0.5, 0.6) is 11.6 Å². The quantitative estimate of drug-likeness (QED) is 0.750. The van der Waals surface area contributed by atoms with Crippen LogP contribution >= 0.6 is 11.6 Å². The zero-order chi connectivity index (χ0) is 16.0. The van der Waals surface area contributed by atoms with Crippen molar-refractivity contribution in [1.82, 2.24) is 19.9 Å². The molecule has 0 bridgehead atoms. The van der Waals surface area contributed by atoms with Crippen LogP contribution in [0.15, 0.2) is 30.7 Å². The third kappa shape index (κ3) is 2.21. The average molecular weight is 331 g/mol. The first-order valence-electron chi connectivity index (χ1n) is 6.89. The summed E-state index contributed by atoms with van der Waals surface area (Å²) in [5.41, 5.74) is 2.32. The van der Waals surface area contributed by atoms with Crippen LogP contribution in [-0.2, 0) is 13.1 Å². The van der Waals surface area contributed by atoms with Crippen molar-refractivity contribution in [3.8, 4) is 11.6 Å². The van der Waals surface area contributed by atoms with Crippen LogP contribution in [0.1, 0.15) is 11.3 Å². The lowest BCUT2D eigenvalue weighted by atomic mass is 10.2. The van der Waals surface area contributed by atoms with Gasteiger partial charge in [-0.15, -0.1) is 0 Å². The molecule has 0 aliphatic carbocycles. The summed E-state index contributed by atoms with van der Waals surface area (Å²) >= 11 is 6.37. The van der Waals surface area contributed by atoms with Crippen LogP contribution in [0.4, 0.5) is 4.79 Å². The van der Waals surface area contributed by atoms with Gasteiger partial charge in [-0.05, 0) is 18.2 Å². The maximum atomic E-state index is 11.2. The number of nitrogens with zero attached hydrogens (tertiary/aromatic N) is 3. The van der Waals surface area contributed by atoms with Gasteiger partial charge in [0.25, 0.3) is 0 Å². The molecule has 2 N–H and O–H groups in total. The Morgan fingerprint density at radius 1 is 1.30 bits per heavy atom. The minimum absolute atomic E-state index is 0.348. The van der Waals surface area contributed by atoms with Crippen molar-refractivity contribution in [3.05, 3.63) is 47.0 Å². The van der Waals surface area contributed by atoms with E-state index >= 15 is 0 Å². The van der Waals surface area contributed by atoms with Crippen LogP contribution in [0.2, 0.25) is 5.02 Å². The third-order valence-corrected chi connectivity index (χ3v) is 4.16. The van der Waals surface area contributed by atoms with E-state index in [1.54, 1.807) is 18.2 Å². The monoisotopic (exact) mass is 330 g/mol. The van der Waals surface area contributed by atoms with Gasteiger partial charge in [-0.1, -0.05) is 11.6 Å². The lowest BCUT2D eigenvalue weighted by molar-refractivity contribution is 0.197. The third-order valence-electron chi connectivity index (χ3n) is 3.77. The van der Waals surface area contributed by atoms with E-state index in [1.807, 2.05) is 0 Å². The van der Waals surface area contributed by atoms with Gasteiger partial charge in [0.2, 0.25) is 5.88 Å². The summed E-state index contributed by atoms with van der Waals surface area (Å²) in [4.78, 5) is 19.5. The Balaban J connectivity index is 1.77. The number of nitrogens with one attached hydrogen (secondary N) is 1. The maximum Gasteiger partial charge on any atom is 0.416 e. The van der Waals surface area contributed by atoms with Crippen molar-refractivity contribution in [3.63, 3.8) is 0 Å². The van der Waals surface area contributed by atoms with Crippen molar-refractivity contribution in [1.29, 1.82) is 0 Å². The van der Waals surface area contributed by atoms with Crippen LogP contribution in [0, 0.1) is 0 Å². The molecule has 0 saturated carbocycles. The van der Waals surface area contributed by atoms with Crippen LogP contribution in [0.25, 0.3) is 10.9 Å². The molecule has 116 valence electrons. The van der Waals surface area contributed by atoms with Gasteiger partial charge < -0.3 is 15.2 Å².